The quantitative estimate of drug-likeness (QED) is 0.909. The van der Waals surface area contributed by atoms with Crippen LogP contribution < -0.4 is 5.32 Å². The van der Waals surface area contributed by atoms with E-state index in [4.69, 9.17) is 23.2 Å². The molecule has 0 spiro atoms. The highest BCUT2D eigenvalue weighted by atomic mass is 35.5. The van der Waals surface area contributed by atoms with Gasteiger partial charge in [-0.05, 0) is 31.5 Å². The minimum atomic E-state index is 0.510. The van der Waals surface area contributed by atoms with E-state index in [1.54, 1.807) is 0 Å². The average molecular weight is 270 g/mol. The van der Waals surface area contributed by atoms with Gasteiger partial charge in [0.2, 0.25) is 0 Å². The lowest BCUT2D eigenvalue weighted by Gasteiger charge is -2.08. The van der Waals surface area contributed by atoms with Crippen LogP contribution in [0.2, 0.25) is 10.2 Å². The van der Waals surface area contributed by atoms with Crippen molar-refractivity contribution in [1.29, 1.82) is 0 Å². The SMILES string of the molecule is Clc1ccc2c(Cl)nc(CC3CCCN3)n2c1. The molecule has 3 nitrogen and oxygen atoms in total. The van der Waals surface area contributed by atoms with Crippen LogP contribution in [0.3, 0.4) is 0 Å². The van der Waals surface area contributed by atoms with E-state index in [9.17, 15) is 0 Å². The molecule has 5 heteroatoms. The molecular formula is C12H13Cl2N3. The fourth-order valence-electron chi connectivity index (χ4n) is 2.38. The fraction of sp³-hybridized carbons (Fsp3) is 0.417. The molecule has 0 aromatic carbocycles. The van der Waals surface area contributed by atoms with Gasteiger partial charge in [-0.1, -0.05) is 23.2 Å². The molecule has 2 aromatic rings. The van der Waals surface area contributed by atoms with Crippen LogP contribution in [0, 0.1) is 0 Å². The summed E-state index contributed by atoms with van der Waals surface area (Å²) < 4.78 is 1.99. The number of fused-ring (bicyclic) bond motifs is 1. The third-order valence-corrected chi connectivity index (χ3v) is 3.72. The van der Waals surface area contributed by atoms with Crippen molar-refractivity contribution in [2.75, 3.05) is 6.54 Å². The first-order valence-electron chi connectivity index (χ1n) is 5.79. The fourth-order valence-corrected chi connectivity index (χ4v) is 2.79. The second-order valence-corrected chi connectivity index (χ2v) is 5.21. The van der Waals surface area contributed by atoms with Gasteiger partial charge in [-0.2, -0.15) is 0 Å². The molecule has 1 N–H and O–H groups in total. The molecule has 1 fully saturated rings. The first-order valence-corrected chi connectivity index (χ1v) is 6.55. The van der Waals surface area contributed by atoms with E-state index in [2.05, 4.69) is 10.3 Å². The normalized spacial score (nSPS) is 20.2. The number of imidazole rings is 1. The predicted octanol–water partition coefficient (Wildman–Crippen LogP) is 2.94. The minimum Gasteiger partial charge on any atom is -0.314 e. The van der Waals surface area contributed by atoms with Gasteiger partial charge in [-0.3, -0.25) is 0 Å². The summed E-state index contributed by atoms with van der Waals surface area (Å²) in [6, 6.07) is 4.25. The molecule has 3 rings (SSSR count). The van der Waals surface area contributed by atoms with Gasteiger partial charge in [-0.15, -0.1) is 0 Å². The highest BCUT2D eigenvalue weighted by Crippen LogP contribution is 2.22. The van der Waals surface area contributed by atoms with Gasteiger partial charge in [0.05, 0.1) is 10.5 Å². The Kier molecular flexibility index (Phi) is 2.99. The highest BCUT2D eigenvalue weighted by Gasteiger charge is 2.18. The molecule has 0 radical (unpaired) electrons. The number of nitrogens with one attached hydrogen (secondary N) is 1. The van der Waals surface area contributed by atoms with Crippen molar-refractivity contribution in [3.05, 3.63) is 34.3 Å². The molecule has 0 saturated carbocycles. The van der Waals surface area contributed by atoms with E-state index in [1.165, 1.54) is 12.8 Å². The van der Waals surface area contributed by atoms with Crippen LogP contribution in [-0.2, 0) is 6.42 Å². The number of hydrogen-bond donors (Lipinski definition) is 1. The molecule has 2 aromatic heterocycles. The molecule has 3 heterocycles. The second kappa shape index (κ2) is 4.48. The third kappa shape index (κ3) is 2.15. The zero-order chi connectivity index (χ0) is 11.8. The Labute approximate surface area is 110 Å². The summed E-state index contributed by atoms with van der Waals surface area (Å²) in [6.45, 7) is 1.10. The summed E-state index contributed by atoms with van der Waals surface area (Å²) in [4.78, 5) is 4.42. The predicted molar refractivity (Wildman–Crippen MR) is 69.9 cm³/mol. The maximum atomic E-state index is 6.12. The lowest BCUT2D eigenvalue weighted by Crippen LogP contribution is -2.24. The zero-order valence-electron chi connectivity index (χ0n) is 9.29. The smallest absolute Gasteiger partial charge is 0.155 e. The summed E-state index contributed by atoms with van der Waals surface area (Å²) in [5.41, 5.74) is 0.920. The number of halogens is 2. The maximum absolute atomic E-state index is 6.12. The van der Waals surface area contributed by atoms with Gasteiger partial charge in [-0.25, -0.2) is 4.98 Å². The molecule has 17 heavy (non-hydrogen) atoms. The van der Waals surface area contributed by atoms with E-state index >= 15 is 0 Å². The molecule has 1 unspecified atom stereocenters. The monoisotopic (exact) mass is 269 g/mol. The standard InChI is InChI=1S/C12H13Cl2N3/c13-8-3-4-10-12(14)16-11(17(10)7-8)6-9-2-1-5-15-9/h3-4,7,9,15H,1-2,5-6H2. The first-order chi connectivity index (χ1) is 8.24. The lowest BCUT2D eigenvalue weighted by molar-refractivity contribution is 0.584. The van der Waals surface area contributed by atoms with Gasteiger partial charge in [0, 0.05) is 18.7 Å². The van der Waals surface area contributed by atoms with Crippen LogP contribution >= 0.6 is 23.2 Å². The molecule has 90 valence electrons. The van der Waals surface area contributed by atoms with Crippen molar-refractivity contribution in [2.45, 2.75) is 25.3 Å². The number of rotatable bonds is 2. The van der Waals surface area contributed by atoms with Crippen LogP contribution in [0.4, 0.5) is 0 Å². The minimum absolute atomic E-state index is 0.510. The van der Waals surface area contributed by atoms with Gasteiger partial charge in [0.1, 0.15) is 5.82 Å². The first kappa shape index (κ1) is 11.3. The highest BCUT2D eigenvalue weighted by molar-refractivity contribution is 6.33. The second-order valence-electron chi connectivity index (χ2n) is 4.42. The van der Waals surface area contributed by atoms with E-state index in [1.807, 2.05) is 22.7 Å². The molecular weight excluding hydrogens is 257 g/mol. The van der Waals surface area contributed by atoms with Crippen LogP contribution in [0.25, 0.3) is 5.52 Å². The molecule has 0 amide bonds. The van der Waals surface area contributed by atoms with Gasteiger partial charge >= 0.3 is 0 Å². The number of nitrogens with zero attached hydrogens (tertiary/aromatic N) is 2. The van der Waals surface area contributed by atoms with Crippen LogP contribution in [0.5, 0.6) is 0 Å². The van der Waals surface area contributed by atoms with Crippen molar-refractivity contribution < 1.29 is 0 Å². The Balaban J connectivity index is 2.00. The Hall–Kier alpha value is -0.770. The maximum Gasteiger partial charge on any atom is 0.155 e. The van der Waals surface area contributed by atoms with Crippen LogP contribution in [-0.4, -0.2) is 22.0 Å². The zero-order valence-corrected chi connectivity index (χ0v) is 10.8. The molecule has 1 saturated heterocycles. The molecule has 1 aliphatic heterocycles. The topological polar surface area (TPSA) is 29.3 Å². The summed E-state index contributed by atoms with van der Waals surface area (Å²) in [5.74, 6) is 0.979. The molecule has 1 aliphatic rings. The molecule has 0 aliphatic carbocycles. The summed E-state index contributed by atoms with van der Waals surface area (Å²) in [5, 5.41) is 4.72. The number of aromatic nitrogens is 2. The van der Waals surface area contributed by atoms with E-state index in [-0.39, 0.29) is 0 Å². The van der Waals surface area contributed by atoms with Crippen molar-refractivity contribution in [1.82, 2.24) is 14.7 Å². The lowest BCUT2D eigenvalue weighted by atomic mass is 10.1. The third-order valence-electron chi connectivity index (χ3n) is 3.22. The summed E-state index contributed by atoms with van der Waals surface area (Å²) >= 11 is 12.1. The van der Waals surface area contributed by atoms with Crippen molar-refractivity contribution in [2.24, 2.45) is 0 Å². The van der Waals surface area contributed by atoms with Crippen molar-refractivity contribution in [3.8, 4) is 0 Å². The van der Waals surface area contributed by atoms with Crippen molar-refractivity contribution >= 4 is 28.7 Å². The van der Waals surface area contributed by atoms with Crippen LogP contribution in [0.1, 0.15) is 18.7 Å². The molecule has 1 atom stereocenters. The summed E-state index contributed by atoms with van der Waals surface area (Å²) in [7, 11) is 0. The van der Waals surface area contributed by atoms with E-state index in [0.29, 0.717) is 16.2 Å². The Morgan fingerprint density at radius 3 is 3.06 bits per heavy atom. The Morgan fingerprint density at radius 1 is 1.41 bits per heavy atom. The average Bonchev–Trinajstić information content (AvgIpc) is 2.89. The molecule has 0 bridgehead atoms. The Bertz CT molecular complexity index is 544. The number of hydrogen-bond acceptors (Lipinski definition) is 2. The van der Waals surface area contributed by atoms with Gasteiger partial charge in [0.25, 0.3) is 0 Å². The van der Waals surface area contributed by atoms with Crippen molar-refractivity contribution in [3.63, 3.8) is 0 Å². The van der Waals surface area contributed by atoms with Crippen LogP contribution in [0.15, 0.2) is 18.3 Å². The summed E-state index contributed by atoms with van der Waals surface area (Å²) in [6.07, 6.45) is 5.21. The van der Waals surface area contributed by atoms with E-state index in [0.717, 1.165) is 24.3 Å². The van der Waals surface area contributed by atoms with Gasteiger partial charge < -0.3 is 9.72 Å². The number of pyridine rings is 1. The Morgan fingerprint density at radius 2 is 2.29 bits per heavy atom. The van der Waals surface area contributed by atoms with Gasteiger partial charge in [0.15, 0.2) is 5.15 Å². The van der Waals surface area contributed by atoms with E-state index < -0.39 is 0 Å². The largest absolute Gasteiger partial charge is 0.314 e.